The molecule has 146 valence electrons. The lowest BCUT2D eigenvalue weighted by Gasteiger charge is -2.10. The summed E-state index contributed by atoms with van der Waals surface area (Å²) in [5.41, 5.74) is 3.54. The summed E-state index contributed by atoms with van der Waals surface area (Å²) in [6.45, 7) is 3.58. The first-order valence-corrected chi connectivity index (χ1v) is 11.5. The Labute approximate surface area is 162 Å². The van der Waals surface area contributed by atoms with Crippen molar-refractivity contribution in [3.63, 3.8) is 0 Å². The highest BCUT2D eigenvalue weighted by Crippen LogP contribution is 2.41. The van der Waals surface area contributed by atoms with E-state index in [1.807, 2.05) is 19.1 Å². The molecule has 1 heterocycles. The number of hydrogen-bond acceptors (Lipinski definition) is 6. The number of thioether (sulfide) groups is 1. The third-order valence-corrected chi connectivity index (χ3v) is 6.59. The Balaban J connectivity index is 1.82. The van der Waals surface area contributed by atoms with Gasteiger partial charge in [-0.3, -0.25) is 4.57 Å². The Bertz CT molecular complexity index is 840. The van der Waals surface area contributed by atoms with Crippen molar-refractivity contribution >= 4 is 25.2 Å². The molecule has 0 fully saturated rings. The molecule has 0 aliphatic carbocycles. The number of carbonyl (C=O) groups is 1. The van der Waals surface area contributed by atoms with Crippen molar-refractivity contribution < 1.29 is 24.1 Å². The number of rotatable bonds is 8. The van der Waals surface area contributed by atoms with E-state index in [0.717, 1.165) is 22.3 Å². The zero-order chi connectivity index (χ0) is 19.9. The Morgan fingerprint density at radius 2 is 2.07 bits per heavy atom. The van der Waals surface area contributed by atoms with E-state index < -0.39 is 13.5 Å². The van der Waals surface area contributed by atoms with E-state index in [-0.39, 0.29) is 25.3 Å². The molecule has 0 bridgehead atoms. The minimum atomic E-state index is -3.11. The van der Waals surface area contributed by atoms with E-state index in [1.54, 1.807) is 24.4 Å². The molecule has 0 saturated heterocycles. The van der Waals surface area contributed by atoms with Crippen molar-refractivity contribution in [3.05, 3.63) is 58.8 Å². The Morgan fingerprint density at radius 1 is 1.30 bits per heavy atom. The van der Waals surface area contributed by atoms with Crippen LogP contribution in [0.25, 0.3) is 0 Å². The molecule has 0 radical (unpaired) electrons. The van der Waals surface area contributed by atoms with Crippen molar-refractivity contribution in [2.24, 2.45) is 0 Å². The number of nitrogens with zero attached hydrogens (tertiary/aromatic N) is 1. The summed E-state index contributed by atoms with van der Waals surface area (Å²) in [7, 11) is -3.11. The van der Waals surface area contributed by atoms with Gasteiger partial charge in [-0.15, -0.1) is 0 Å². The van der Waals surface area contributed by atoms with Gasteiger partial charge in [0.1, 0.15) is 6.61 Å². The third-order valence-electron chi connectivity index (χ3n) is 3.64. The first-order valence-electron chi connectivity index (χ1n) is 8.24. The fraction of sp³-hybridized carbons (Fsp3) is 0.333. The summed E-state index contributed by atoms with van der Waals surface area (Å²) in [5.74, 6) is 0. The van der Waals surface area contributed by atoms with Crippen LogP contribution in [0.3, 0.4) is 0 Å². The molecule has 27 heavy (non-hydrogen) atoms. The highest BCUT2D eigenvalue weighted by molar-refractivity contribution is 8.04. The summed E-state index contributed by atoms with van der Waals surface area (Å²) >= 11 is 1.20. The maximum Gasteiger partial charge on any atom is 0.407 e. The van der Waals surface area contributed by atoms with E-state index in [0.29, 0.717) is 5.03 Å². The fourth-order valence-electron chi connectivity index (χ4n) is 2.21. The van der Waals surface area contributed by atoms with Gasteiger partial charge >= 0.3 is 6.09 Å². The van der Waals surface area contributed by atoms with Crippen molar-refractivity contribution in [3.8, 4) is 0 Å². The van der Waals surface area contributed by atoms with Crippen LogP contribution >= 0.6 is 19.1 Å². The maximum absolute atomic E-state index is 11.9. The molecule has 2 rings (SSSR count). The third kappa shape index (κ3) is 7.72. The van der Waals surface area contributed by atoms with Crippen LogP contribution < -0.4 is 5.32 Å². The van der Waals surface area contributed by atoms with Gasteiger partial charge in [0.25, 0.3) is 0 Å². The number of aliphatic hydroxyl groups is 1. The zero-order valence-corrected chi connectivity index (χ0v) is 16.9. The zero-order valence-electron chi connectivity index (χ0n) is 15.2. The highest BCUT2D eigenvalue weighted by Gasteiger charge is 2.11. The summed E-state index contributed by atoms with van der Waals surface area (Å²) in [5, 5.41) is 12.4. The molecule has 0 spiro atoms. The number of pyridine rings is 1. The van der Waals surface area contributed by atoms with Crippen LogP contribution in [0, 0.1) is 6.92 Å². The molecular weight excluding hydrogens is 387 g/mol. The minimum absolute atomic E-state index is 0.0250. The predicted molar refractivity (Wildman–Crippen MR) is 105 cm³/mol. The van der Waals surface area contributed by atoms with Gasteiger partial charge in [0.15, 0.2) is 0 Å². The van der Waals surface area contributed by atoms with Gasteiger partial charge in [-0.25, -0.2) is 9.78 Å². The van der Waals surface area contributed by atoms with Crippen LogP contribution in [0.4, 0.5) is 4.79 Å². The van der Waals surface area contributed by atoms with Gasteiger partial charge < -0.3 is 20.1 Å². The van der Waals surface area contributed by atoms with E-state index in [2.05, 4.69) is 10.3 Å². The molecule has 7 nitrogen and oxygen atoms in total. The van der Waals surface area contributed by atoms with Crippen LogP contribution in [-0.4, -0.2) is 33.2 Å². The molecule has 0 saturated carbocycles. The second-order valence-corrected chi connectivity index (χ2v) is 10.0. The van der Waals surface area contributed by atoms with Crippen molar-refractivity contribution in [2.45, 2.75) is 31.7 Å². The standard InChI is InChI=1S/C18H23N2O5PS/c1-13-7-15(10-21)3-4-16(13)11-25-18(22)20-9-14-5-6-19-17(8-14)27-12-26(2,23)24/h3-8,21H,9-12H2,1-2H3,(H,20,22)(H,23,24). The molecule has 1 unspecified atom stereocenters. The number of ether oxygens (including phenoxy) is 1. The SMILES string of the molecule is Cc1cc(CO)ccc1COC(=O)NCc1ccnc(SCP(C)(=O)O)c1. The molecule has 3 N–H and O–H groups in total. The average Bonchev–Trinajstić information content (AvgIpc) is 2.63. The van der Waals surface area contributed by atoms with Crippen LogP contribution in [0.5, 0.6) is 0 Å². The van der Waals surface area contributed by atoms with E-state index in [1.165, 1.54) is 18.4 Å². The van der Waals surface area contributed by atoms with Gasteiger partial charge in [0.05, 0.1) is 17.1 Å². The molecule has 2 aromatic rings. The number of aliphatic hydroxyl groups excluding tert-OH is 1. The molecule has 0 aliphatic rings. The maximum atomic E-state index is 11.9. The predicted octanol–water partition coefficient (Wildman–Crippen LogP) is 3.26. The Hall–Kier alpha value is -1.86. The summed E-state index contributed by atoms with van der Waals surface area (Å²) in [6.07, 6.45) is 1.05. The fourth-order valence-corrected chi connectivity index (χ4v) is 4.07. The van der Waals surface area contributed by atoms with Crippen LogP contribution in [0.1, 0.15) is 22.3 Å². The van der Waals surface area contributed by atoms with Crippen molar-refractivity contribution in [1.29, 1.82) is 0 Å². The quantitative estimate of drug-likeness (QED) is 0.453. The number of carbonyl (C=O) groups excluding carboxylic acids is 1. The first kappa shape index (κ1) is 21.4. The number of aryl methyl sites for hydroxylation is 1. The smallest absolute Gasteiger partial charge is 0.407 e. The van der Waals surface area contributed by atoms with Gasteiger partial charge in [-0.2, -0.15) is 0 Å². The summed E-state index contributed by atoms with van der Waals surface area (Å²) in [6, 6.07) is 8.99. The van der Waals surface area contributed by atoms with Crippen molar-refractivity contribution in [2.75, 3.05) is 12.2 Å². The number of amides is 1. The number of benzene rings is 1. The van der Waals surface area contributed by atoms with Gasteiger partial charge in [-0.1, -0.05) is 30.0 Å². The molecule has 1 amide bonds. The van der Waals surface area contributed by atoms with Crippen molar-refractivity contribution in [1.82, 2.24) is 10.3 Å². The average molecular weight is 410 g/mol. The topological polar surface area (TPSA) is 109 Å². The molecule has 1 atom stereocenters. The number of nitrogens with one attached hydrogen (secondary N) is 1. The lowest BCUT2D eigenvalue weighted by atomic mass is 10.1. The van der Waals surface area contributed by atoms with E-state index in [9.17, 15) is 14.3 Å². The molecule has 1 aromatic carbocycles. The molecule has 9 heteroatoms. The normalized spacial score (nSPS) is 13.0. The van der Waals surface area contributed by atoms with E-state index >= 15 is 0 Å². The number of aromatic nitrogens is 1. The molecule has 0 aliphatic heterocycles. The summed E-state index contributed by atoms with van der Waals surface area (Å²) in [4.78, 5) is 25.4. The number of alkyl carbamates (subject to hydrolysis) is 1. The van der Waals surface area contributed by atoms with Crippen LogP contribution in [0.15, 0.2) is 41.6 Å². The Kier molecular flexibility index (Phi) is 7.86. The van der Waals surface area contributed by atoms with Crippen LogP contribution in [-0.2, 0) is 29.1 Å². The molecular formula is C18H23N2O5PS. The largest absolute Gasteiger partial charge is 0.445 e. The van der Waals surface area contributed by atoms with Gasteiger partial charge in [0, 0.05) is 19.4 Å². The minimum Gasteiger partial charge on any atom is -0.445 e. The highest BCUT2D eigenvalue weighted by atomic mass is 32.2. The van der Waals surface area contributed by atoms with Gasteiger partial charge in [-0.05, 0) is 41.3 Å². The Morgan fingerprint density at radius 3 is 2.74 bits per heavy atom. The second-order valence-electron chi connectivity index (χ2n) is 6.18. The van der Waals surface area contributed by atoms with E-state index in [4.69, 9.17) is 9.84 Å². The first-order chi connectivity index (χ1) is 12.8. The summed E-state index contributed by atoms with van der Waals surface area (Å²) < 4.78 is 16.6. The van der Waals surface area contributed by atoms with Gasteiger partial charge in [0.2, 0.25) is 7.37 Å². The van der Waals surface area contributed by atoms with Crippen LogP contribution in [0.2, 0.25) is 0 Å². The second kappa shape index (κ2) is 9.90. The number of hydrogen-bond donors (Lipinski definition) is 3. The molecule has 1 aromatic heterocycles. The lowest BCUT2D eigenvalue weighted by Crippen LogP contribution is -2.23. The lowest BCUT2D eigenvalue weighted by molar-refractivity contribution is 0.139. The monoisotopic (exact) mass is 410 g/mol.